The zero-order valence-electron chi connectivity index (χ0n) is 9.96. The van der Waals surface area contributed by atoms with Crippen LogP contribution in [0.15, 0.2) is 29.2 Å². The minimum absolute atomic E-state index is 0.248. The van der Waals surface area contributed by atoms with Gasteiger partial charge >= 0.3 is 0 Å². The molecule has 0 aliphatic carbocycles. The van der Waals surface area contributed by atoms with Gasteiger partial charge in [0.25, 0.3) is 0 Å². The van der Waals surface area contributed by atoms with E-state index in [9.17, 15) is 0 Å². The van der Waals surface area contributed by atoms with E-state index in [1.807, 2.05) is 19.9 Å². The number of rotatable bonds is 2. The van der Waals surface area contributed by atoms with Crippen LogP contribution in [0.2, 0.25) is 0 Å². The highest BCUT2D eigenvalue weighted by atomic mass is 32.1. The van der Waals surface area contributed by atoms with Crippen LogP contribution < -0.4 is 0 Å². The van der Waals surface area contributed by atoms with Crippen molar-refractivity contribution < 1.29 is 0 Å². The second-order valence-corrected chi connectivity index (χ2v) is 4.24. The molecule has 0 radical (unpaired) electrons. The van der Waals surface area contributed by atoms with Crippen molar-refractivity contribution in [3.63, 3.8) is 0 Å². The first-order valence-corrected chi connectivity index (χ1v) is 5.81. The minimum Gasteiger partial charge on any atom is -0.143 e. The number of hydrogen-bond acceptors (Lipinski definition) is 1. The summed E-state index contributed by atoms with van der Waals surface area (Å²) >= 11 is 4.45. The topological polar surface area (TPSA) is 0 Å². The van der Waals surface area contributed by atoms with E-state index in [1.54, 1.807) is 0 Å². The maximum atomic E-state index is 4.45. The van der Waals surface area contributed by atoms with E-state index >= 15 is 0 Å². The molecule has 1 heteroatoms. The van der Waals surface area contributed by atoms with Crippen molar-refractivity contribution in [1.82, 2.24) is 0 Å². The van der Waals surface area contributed by atoms with Crippen LogP contribution in [-0.2, 0) is 5.41 Å². The Morgan fingerprint density at radius 3 is 2.07 bits per heavy atom. The summed E-state index contributed by atoms with van der Waals surface area (Å²) in [6.07, 6.45) is 1.14. The summed E-state index contributed by atoms with van der Waals surface area (Å²) in [4.78, 5) is 1.10. The van der Waals surface area contributed by atoms with E-state index in [1.165, 1.54) is 5.56 Å². The second kappa shape index (κ2) is 6.13. The van der Waals surface area contributed by atoms with Crippen LogP contribution in [0.5, 0.6) is 0 Å². The lowest BCUT2D eigenvalue weighted by molar-refractivity contribution is 0.497. The van der Waals surface area contributed by atoms with Gasteiger partial charge in [-0.15, -0.1) is 12.6 Å². The number of thiol groups is 1. The van der Waals surface area contributed by atoms with Crippen molar-refractivity contribution in [2.45, 2.75) is 51.3 Å². The van der Waals surface area contributed by atoms with Crippen molar-refractivity contribution >= 4 is 12.6 Å². The summed E-state index contributed by atoms with van der Waals surface area (Å²) < 4.78 is 0. The molecule has 0 spiro atoms. The molecule has 0 aliphatic rings. The van der Waals surface area contributed by atoms with Crippen LogP contribution in [0.4, 0.5) is 0 Å². The number of benzene rings is 1. The molecule has 0 unspecified atom stereocenters. The van der Waals surface area contributed by atoms with Crippen molar-refractivity contribution in [1.29, 1.82) is 0 Å². The highest BCUT2D eigenvalue weighted by molar-refractivity contribution is 7.80. The molecular formula is C13H22S. The SMILES string of the molecule is CC.CCC(C)(C)c1ccccc1S. The molecule has 0 N–H and O–H groups in total. The first-order chi connectivity index (χ1) is 6.58. The van der Waals surface area contributed by atoms with E-state index in [-0.39, 0.29) is 5.41 Å². The average molecular weight is 210 g/mol. The molecule has 1 rings (SSSR count). The Bertz CT molecular complexity index is 264. The van der Waals surface area contributed by atoms with E-state index in [4.69, 9.17) is 0 Å². The van der Waals surface area contributed by atoms with E-state index in [2.05, 4.69) is 51.6 Å². The molecule has 1 aromatic carbocycles. The first-order valence-electron chi connectivity index (χ1n) is 5.36. The fourth-order valence-electron chi connectivity index (χ4n) is 1.24. The quantitative estimate of drug-likeness (QED) is 0.673. The van der Waals surface area contributed by atoms with Crippen LogP contribution in [0.1, 0.15) is 46.6 Å². The standard InChI is InChI=1S/C11H16S.C2H6/c1-4-11(2,3)9-7-5-6-8-10(9)12;1-2/h5-8,12H,4H2,1-3H3;1-2H3. The normalized spacial score (nSPS) is 10.4. The van der Waals surface area contributed by atoms with Gasteiger partial charge in [-0.2, -0.15) is 0 Å². The zero-order valence-corrected chi connectivity index (χ0v) is 10.9. The molecule has 0 saturated carbocycles. The molecule has 0 bridgehead atoms. The smallest absolute Gasteiger partial charge is 0.00774 e. The highest BCUT2D eigenvalue weighted by Gasteiger charge is 2.19. The average Bonchev–Trinajstić information content (AvgIpc) is 2.21. The molecule has 0 amide bonds. The van der Waals surface area contributed by atoms with Crippen LogP contribution in [-0.4, -0.2) is 0 Å². The first kappa shape index (κ1) is 13.6. The van der Waals surface area contributed by atoms with E-state index in [0.29, 0.717) is 0 Å². The monoisotopic (exact) mass is 210 g/mol. The minimum atomic E-state index is 0.248. The molecule has 0 aromatic heterocycles. The van der Waals surface area contributed by atoms with Crippen LogP contribution in [0, 0.1) is 0 Å². The van der Waals surface area contributed by atoms with Crippen LogP contribution >= 0.6 is 12.6 Å². The largest absolute Gasteiger partial charge is 0.143 e. The molecule has 80 valence electrons. The second-order valence-electron chi connectivity index (χ2n) is 3.75. The van der Waals surface area contributed by atoms with Gasteiger partial charge in [0.1, 0.15) is 0 Å². The zero-order chi connectivity index (χ0) is 11.2. The lowest BCUT2D eigenvalue weighted by atomic mass is 9.82. The fourth-order valence-corrected chi connectivity index (χ4v) is 1.70. The van der Waals surface area contributed by atoms with Gasteiger partial charge in [-0.25, -0.2) is 0 Å². The maximum Gasteiger partial charge on any atom is 0.00774 e. The summed E-state index contributed by atoms with van der Waals surface area (Å²) in [6, 6.07) is 8.31. The Labute approximate surface area is 94.1 Å². The lowest BCUT2D eigenvalue weighted by Gasteiger charge is -2.24. The van der Waals surface area contributed by atoms with Crippen LogP contribution in [0.25, 0.3) is 0 Å². The van der Waals surface area contributed by atoms with E-state index in [0.717, 1.165) is 11.3 Å². The molecule has 0 nitrogen and oxygen atoms in total. The van der Waals surface area contributed by atoms with Gasteiger partial charge in [0, 0.05) is 4.90 Å². The summed E-state index contributed by atoms with van der Waals surface area (Å²) in [6.45, 7) is 10.7. The van der Waals surface area contributed by atoms with Gasteiger partial charge in [-0.3, -0.25) is 0 Å². The van der Waals surface area contributed by atoms with Crippen molar-refractivity contribution in [3.8, 4) is 0 Å². The Morgan fingerprint density at radius 1 is 1.14 bits per heavy atom. The van der Waals surface area contributed by atoms with Gasteiger partial charge in [0.05, 0.1) is 0 Å². The van der Waals surface area contributed by atoms with Gasteiger partial charge < -0.3 is 0 Å². The van der Waals surface area contributed by atoms with Crippen molar-refractivity contribution in [2.75, 3.05) is 0 Å². The third kappa shape index (κ3) is 3.38. The summed E-state index contributed by atoms with van der Waals surface area (Å²) in [5.41, 5.74) is 1.59. The Hall–Kier alpha value is -0.430. The van der Waals surface area contributed by atoms with Crippen LogP contribution in [0.3, 0.4) is 0 Å². The van der Waals surface area contributed by atoms with Gasteiger partial charge in [0.15, 0.2) is 0 Å². The summed E-state index contributed by atoms with van der Waals surface area (Å²) in [5, 5.41) is 0. The third-order valence-electron chi connectivity index (χ3n) is 2.52. The maximum absolute atomic E-state index is 4.45. The Balaban J connectivity index is 0.000000791. The third-order valence-corrected chi connectivity index (χ3v) is 2.91. The fraction of sp³-hybridized carbons (Fsp3) is 0.538. The van der Waals surface area contributed by atoms with Gasteiger partial charge in [0.2, 0.25) is 0 Å². The Morgan fingerprint density at radius 2 is 1.64 bits per heavy atom. The molecular weight excluding hydrogens is 188 g/mol. The molecule has 1 aromatic rings. The number of hydrogen-bond donors (Lipinski definition) is 1. The predicted octanol–water partition coefficient (Wildman–Crippen LogP) is 4.69. The Kier molecular flexibility index (Phi) is 5.94. The molecule has 0 atom stereocenters. The molecule has 0 fully saturated rings. The molecule has 14 heavy (non-hydrogen) atoms. The van der Waals surface area contributed by atoms with E-state index < -0.39 is 0 Å². The molecule has 0 heterocycles. The van der Waals surface area contributed by atoms with Crippen molar-refractivity contribution in [3.05, 3.63) is 29.8 Å². The summed E-state index contributed by atoms with van der Waals surface area (Å²) in [5.74, 6) is 0. The molecule has 0 aliphatic heterocycles. The summed E-state index contributed by atoms with van der Waals surface area (Å²) in [7, 11) is 0. The lowest BCUT2D eigenvalue weighted by Crippen LogP contribution is -2.15. The van der Waals surface area contributed by atoms with Crippen molar-refractivity contribution in [2.24, 2.45) is 0 Å². The highest BCUT2D eigenvalue weighted by Crippen LogP contribution is 2.30. The van der Waals surface area contributed by atoms with Gasteiger partial charge in [-0.05, 0) is 23.5 Å². The predicted molar refractivity (Wildman–Crippen MR) is 68.4 cm³/mol. The molecule has 0 saturated heterocycles. The van der Waals surface area contributed by atoms with Gasteiger partial charge in [-0.1, -0.05) is 52.8 Å².